The third kappa shape index (κ3) is 6.75. The van der Waals surface area contributed by atoms with Crippen molar-refractivity contribution in [3.63, 3.8) is 0 Å². The van der Waals surface area contributed by atoms with Gasteiger partial charge in [0.05, 0.1) is 12.3 Å². The number of carboxylic acid groups (broad SMARTS) is 2. The van der Waals surface area contributed by atoms with Gasteiger partial charge in [-0.05, 0) is 27.2 Å². The molecule has 126 valence electrons. The fourth-order valence-electron chi connectivity index (χ4n) is 2.38. The third-order valence-corrected chi connectivity index (χ3v) is 3.24. The molecule has 1 fully saturated rings. The summed E-state index contributed by atoms with van der Waals surface area (Å²) in [5.74, 6) is -2.52. The van der Waals surface area contributed by atoms with Crippen LogP contribution in [0, 0.1) is 5.92 Å². The van der Waals surface area contributed by atoms with Crippen LogP contribution in [-0.4, -0.2) is 64.4 Å². The van der Waals surface area contributed by atoms with E-state index in [4.69, 9.17) is 9.84 Å². The summed E-state index contributed by atoms with van der Waals surface area (Å²) in [6.07, 6.45) is -0.356. The molecule has 0 radical (unpaired) electrons. The predicted molar refractivity (Wildman–Crippen MR) is 77.6 cm³/mol. The van der Waals surface area contributed by atoms with Gasteiger partial charge in [-0.2, -0.15) is 0 Å². The zero-order valence-electron chi connectivity index (χ0n) is 13.2. The van der Waals surface area contributed by atoms with Crippen LogP contribution in [0.1, 0.15) is 33.6 Å². The number of carbonyl (C=O) groups excluding carboxylic acids is 1. The second kappa shape index (κ2) is 7.44. The molecule has 2 unspecified atom stereocenters. The number of hydrogen-bond donors (Lipinski definition) is 3. The molecular weight excluding hydrogens is 292 g/mol. The molecule has 1 saturated heterocycles. The van der Waals surface area contributed by atoms with E-state index in [0.29, 0.717) is 13.0 Å². The van der Waals surface area contributed by atoms with Gasteiger partial charge in [-0.15, -0.1) is 0 Å². The Hall–Kier alpha value is -1.83. The summed E-state index contributed by atoms with van der Waals surface area (Å²) in [6, 6.07) is -0.376. The summed E-state index contributed by atoms with van der Waals surface area (Å²) in [5, 5.41) is 20.6. The number of carboxylic acids is 2. The monoisotopic (exact) mass is 316 g/mol. The maximum Gasteiger partial charge on any atom is 0.407 e. The third-order valence-electron chi connectivity index (χ3n) is 3.24. The van der Waals surface area contributed by atoms with E-state index in [9.17, 15) is 19.5 Å². The molecule has 3 N–H and O–H groups in total. The van der Waals surface area contributed by atoms with Crippen LogP contribution in [0.25, 0.3) is 0 Å². The number of hydrogen-bond acceptors (Lipinski definition) is 5. The zero-order chi connectivity index (χ0) is 16.9. The van der Waals surface area contributed by atoms with Crippen molar-refractivity contribution in [2.24, 2.45) is 5.92 Å². The van der Waals surface area contributed by atoms with E-state index >= 15 is 0 Å². The summed E-state index contributed by atoms with van der Waals surface area (Å²) in [4.78, 5) is 35.4. The molecule has 8 nitrogen and oxygen atoms in total. The van der Waals surface area contributed by atoms with Gasteiger partial charge in [0, 0.05) is 25.7 Å². The zero-order valence-corrected chi connectivity index (χ0v) is 13.2. The fourth-order valence-corrected chi connectivity index (χ4v) is 2.38. The Morgan fingerprint density at radius 1 is 1.23 bits per heavy atom. The number of piperidine rings is 1. The summed E-state index contributed by atoms with van der Waals surface area (Å²) >= 11 is 0. The van der Waals surface area contributed by atoms with E-state index in [2.05, 4.69) is 5.32 Å². The lowest BCUT2D eigenvalue weighted by molar-refractivity contribution is -0.144. The largest absolute Gasteiger partial charge is 0.481 e. The minimum absolute atomic E-state index is 0.0640. The second-order valence-corrected chi connectivity index (χ2v) is 6.52. The van der Waals surface area contributed by atoms with Gasteiger partial charge in [-0.1, -0.05) is 0 Å². The Bertz CT molecular complexity index is 432. The van der Waals surface area contributed by atoms with Gasteiger partial charge in [0.1, 0.15) is 5.60 Å². The molecule has 1 heterocycles. The molecule has 8 heteroatoms. The van der Waals surface area contributed by atoms with Gasteiger partial charge >= 0.3 is 18.0 Å². The quantitative estimate of drug-likeness (QED) is 0.685. The molecule has 0 spiro atoms. The molecule has 1 rings (SSSR count). The lowest BCUT2D eigenvalue weighted by Gasteiger charge is -2.36. The number of aliphatic carboxylic acids is 2. The standard InChI is InChI=1S/C14H24N2O6/c1-14(2,3)22-13(21)15-10-6-9(12(19)20)7-16(8-10)5-4-11(17)18/h9-10H,4-8H2,1-3H3,(H,15,21)(H,17,18)(H,19,20). The SMILES string of the molecule is CC(C)(C)OC(=O)NC1CC(C(=O)O)CN(CCC(=O)O)C1. The van der Waals surface area contributed by atoms with E-state index in [1.165, 1.54) is 0 Å². The minimum Gasteiger partial charge on any atom is -0.481 e. The number of carbonyl (C=O) groups is 3. The van der Waals surface area contributed by atoms with Crippen LogP contribution in [0.3, 0.4) is 0 Å². The van der Waals surface area contributed by atoms with Crippen LogP contribution in [0.15, 0.2) is 0 Å². The number of nitrogens with zero attached hydrogens (tertiary/aromatic N) is 1. The van der Waals surface area contributed by atoms with Crippen molar-refractivity contribution < 1.29 is 29.3 Å². The van der Waals surface area contributed by atoms with Crippen LogP contribution in [0.2, 0.25) is 0 Å². The van der Waals surface area contributed by atoms with Crippen molar-refractivity contribution in [3.8, 4) is 0 Å². The summed E-state index contributed by atoms with van der Waals surface area (Å²) < 4.78 is 5.16. The molecule has 0 bridgehead atoms. The van der Waals surface area contributed by atoms with Crippen molar-refractivity contribution in [1.29, 1.82) is 0 Å². The number of alkyl carbamates (subject to hydrolysis) is 1. The molecule has 1 aliphatic heterocycles. The first-order chi connectivity index (χ1) is 10.1. The summed E-state index contributed by atoms with van der Waals surface area (Å²) in [6.45, 7) is 6.18. The van der Waals surface area contributed by atoms with Crippen LogP contribution in [0.4, 0.5) is 4.79 Å². The van der Waals surface area contributed by atoms with Gasteiger partial charge in [-0.3, -0.25) is 14.5 Å². The molecular formula is C14H24N2O6. The van der Waals surface area contributed by atoms with Crippen LogP contribution in [-0.2, 0) is 14.3 Å². The van der Waals surface area contributed by atoms with Crippen LogP contribution < -0.4 is 5.32 Å². The Morgan fingerprint density at radius 2 is 1.86 bits per heavy atom. The highest BCUT2D eigenvalue weighted by molar-refractivity contribution is 5.71. The summed E-state index contributed by atoms with van der Waals surface area (Å²) in [5.41, 5.74) is -0.631. The fraction of sp³-hybridized carbons (Fsp3) is 0.786. The van der Waals surface area contributed by atoms with Crippen molar-refractivity contribution in [2.45, 2.75) is 45.3 Å². The number of ether oxygens (including phenoxy) is 1. The van der Waals surface area contributed by atoms with E-state index in [1.807, 2.05) is 0 Å². The maximum absolute atomic E-state index is 11.8. The van der Waals surface area contributed by atoms with Gasteiger partial charge in [0.2, 0.25) is 0 Å². The van der Waals surface area contributed by atoms with Crippen molar-refractivity contribution >= 4 is 18.0 Å². The topological polar surface area (TPSA) is 116 Å². The molecule has 0 aromatic rings. The predicted octanol–water partition coefficient (Wildman–Crippen LogP) is 0.761. The Morgan fingerprint density at radius 3 is 2.36 bits per heavy atom. The minimum atomic E-state index is -0.948. The summed E-state index contributed by atoms with van der Waals surface area (Å²) in [7, 11) is 0. The molecule has 1 amide bonds. The van der Waals surface area contributed by atoms with E-state index < -0.39 is 29.6 Å². The second-order valence-electron chi connectivity index (χ2n) is 6.52. The number of rotatable bonds is 5. The number of likely N-dealkylation sites (tertiary alicyclic amines) is 1. The Kier molecular flexibility index (Phi) is 6.16. The van der Waals surface area contributed by atoms with Crippen LogP contribution in [0.5, 0.6) is 0 Å². The molecule has 0 aliphatic carbocycles. The molecule has 2 atom stereocenters. The average Bonchev–Trinajstić information content (AvgIpc) is 2.33. The first-order valence-electron chi connectivity index (χ1n) is 7.23. The molecule has 0 saturated carbocycles. The maximum atomic E-state index is 11.8. The normalized spacial score (nSPS) is 22.9. The van der Waals surface area contributed by atoms with Crippen molar-refractivity contribution in [2.75, 3.05) is 19.6 Å². The number of amides is 1. The highest BCUT2D eigenvalue weighted by Crippen LogP contribution is 2.18. The molecule has 0 aromatic carbocycles. The lowest BCUT2D eigenvalue weighted by Crippen LogP contribution is -2.53. The Balaban J connectivity index is 2.62. The van der Waals surface area contributed by atoms with E-state index in [0.717, 1.165) is 0 Å². The van der Waals surface area contributed by atoms with E-state index in [1.54, 1.807) is 25.7 Å². The first-order valence-corrected chi connectivity index (χ1v) is 7.23. The Labute approximate surface area is 129 Å². The van der Waals surface area contributed by atoms with Crippen LogP contribution >= 0.6 is 0 Å². The molecule has 0 aromatic heterocycles. The smallest absolute Gasteiger partial charge is 0.407 e. The average molecular weight is 316 g/mol. The molecule has 1 aliphatic rings. The molecule has 22 heavy (non-hydrogen) atoms. The first kappa shape index (κ1) is 18.2. The van der Waals surface area contributed by atoms with Crippen molar-refractivity contribution in [1.82, 2.24) is 10.2 Å². The van der Waals surface area contributed by atoms with E-state index in [-0.39, 0.29) is 25.6 Å². The van der Waals surface area contributed by atoms with Gasteiger partial charge in [0.25, 0.3) is 0 Å². The number of nitrogens with one attached hydrogen (secondary N) is 1. The lowest BCUT2D eigenvalue weighted by atomic mass is 9.94. The van der Waals surface area contributed by atoms with Crippen molar-refractivity contribution in [3.05, 3.63) is 0 Å². The van der Waals surface area contributed by atoms with Gasteiger partial charge in [-0.25, -0.2) is 4.79 Å². The van der Waals surface area contributed by atoms with Gasteiger partial charge < -0.3 is 20.3 Å². The highest BCUT2D eigenvalue weighted by Gasteiger charge is 2.33. The highest BCUT2D eigenvalue weighted by atomic mass is 16.6. The van der Waals surface area contributed by atoms with Gasteiger partial charge in [0.15, 0.2) is 0 Å².